The summed E-state index contributed by atoms with van der Waals surface area (Å²) >= 11 is 1.36. The summed E-state index contributed by atoms with van der Waals surface area (Å²) in [5, 5.41) is 8.11. The Labute approximate surface area is 145 Å². The molecule has 2 aromatic rings. The summed E-state index contributed by atoms with van der Waals surface area (Å²) in [4.78, 5) is 28.5. The molecule has 0 unspecified atom stereocenters. The lowest BCUT2D eigenvalue weighted by atomic mass is 10.1. The van der Waals surface area contributed by atoms with Crippen molar-refractivity contribution < 1.29 is 9.59 Å². The number of nitrogens with one attached hydrogen (secondary N) is 2. The number of aromatic nitrogens is 1. The molecule has 0 radical (unpaired) electrons. The van der Waals surface area contributed by atoms with Gasteiger partial charge in [0.15, 0.2) is 5.13 Å². The standard InChI is InChI=1S/C18H21N3O2S/c1-12-6-8-14(9-7-12)19-16(22)10-15-11-24-18(20-15)21-17(23)13-4-2-3-5-13/h6-9,11,13H,2-5,10H2,1H3,(H,19,22)(H,20,21,23). The third-order valence-corrected chi connectivity index (χ3v) is 4.99. The predicted octanol–water partition coefficient (Wildman–Crippen LogP) is 3.76. The van der Waals surface area contributed by atoms with Gasteiger partial charge in [0, 0.05) is 17.0 Å². The number of carbonyl (C=O) groups is 2. The number of hydrogen-bond donors (Lipinski definition) is 2. The van der Waals surface area contributed by atoms with Crippen molar-refractivity contribution in [3.63, 3.8) is 0 Å². The van der Waals surface area contributed by atoms with Crippen LogP contribution in [-0.4, -0.2) is 16.8 Å². The van der Waals surface area contributed by atoms with Crippen molar-refractivity contribution in [1.82, 2.24) is 4.98 Å². The number of thiazole rings is 1. The minimum Gasteiger partial charge on any atom is -0.326 e. The predicted molar refractivity (Wildman–Crippen MR) is 96.2 cm³/mol. The van der Waals surface area contributed by atoms with E-state index in [0.717, 1.165) is 36.9 Å². The fourth-order valence-corrected chi connectivity index (χ4v) is 3.56. The first-order valence-corrected chi connectivity index (χ1v) is 9.10. The van der Waals surface area contributed by atoms with E-state index in [0.29, 0.717) is 10.8 Å². The van der Waals surface area contributed by atoms with E-state index in [1.54, 1.807) is 0 Å². The number of anilines is 2. The van der Waals surface area contributed by atoms with Gasteiger partial charge < -0.3 is 10.6 Å². The van der Waals surface area contributed by atoms with E-state index in [9.17, 15) is 9.59 Å². The number of benzene rings is 1. The van der Waals surface area contributed by atoms with E-state index in [-0.39, 0.29) is 24.2 Å². The van der Waals surface area contributed by atoms with E-state index in [1.165, 1.54) is 11.3 Å². The molecule has 1 aliphatic carbocycles. The smallest absolute Gasteiger partial charge is 0.230 e. The highest BCUT2D eigenvalue weighted by Crippen LogP contribution is 2.26. The Morgan fingerprint density at radius 2 is 1.88 bits per heavy atom. The van der Waals surface area contributed by atoms with Crippen LogP contribution in [0, 0.1) is 12.8 Å². The van der Waals surface area contributed by atoms with Crippen molar-refractivity contribution in [1.29, 1.82) is 0 Å². The molecule has 1 saturated carbocycles. The number of amides is 2. The monoisotopic (exact) mass is 343 g/mol. The Kier molecular flexibility index (Phi) is 5.25. The topological polar surface area (TPSA) is 71.1 Å². The zero-order valence-electron chi connectivity index (χ0n) is 13.7. The first-order chi connectivity index (χ1) is 11.6. The van der Waals surface area contributed by atoms with Crippen LogP contribution in [0.2, 0.25) is 0 Å². The Bertz CT molecular complexity index is 718. The van der Waals surface area contributed by atoms with Crippen LogP contribution in [0.5, 0.6) is 0 Å². The number of aryl methyl sites for hydroxylation is 1. The number of carbonyl (C=O) groups excluding carboxylic acids is 2. The molecule has 1 aromatic heterocycles. The van der Waals surface area contributed by atoms with Crippen LogP contribution in [0.1, 0.15) is 36.9 Å². The van der Waals surface area contributed by atoms with Gasteiger partial charge in [0.05, 0.1) is 12.1 Å². The third-order valence-electron chi connectivity index (χ3n) is 4.18. The van der Waals surface area contributed by atoms with Crippen molar-refractivity contribution in [2.24, 2.45) is 5.92 Å². The lowest BCUT2D eigenvalue weighted by Gasteiger charge is -2.07. The largest absolute Gasteiger partial charge is 0.326 e. The van der Waals surface area contributed by atoms with Gasteiger partial charge in [0.1, 0.15) is 0 Å². The second-order valence-corrected chi connectivity index (χ2v) is 7.06. The number of rotatable bonds is 5. The summed E-state index contributed by atoms with van der Waals surface area (Å²) in [6.07, 6.45) is 4.37. The minimum absolute atomic E-state index is 0.0532. The molecule has 2 amide bonds. The average Bonchev–Trinajstić information content (AvgIpc) is 3.21. The first kappa shape index (κ1) is 16.6. The van der Waals surface area contributed by atoms with Crippen molar-refractivity contribution in [2.45, 2.75) is 39.0 Å². The summed E-state index contributed by atoms with van der Waals surface area (Å²) in [6.45, 7) is 2.00. The van der Waals surface area contributed by atoms with Gasteiger partial charge in [-0.05, 0) is 31.9 Å². The average molecular weight is 343 g/mol. The second-order valence-electron chi connectivity index (χ2n) is 6.21. The highest BCUT2D eigenvalue weighted by Gasteiger charge is 2.23. The van der Waals surface area contributed by atoms with Crippen LogP contribution < -0.4 is 10.6 Å². The SMILES string of the molecule is Cc1ccc(NC(=O)Cc2csc(NC(=O)C3CCCC3)n2)cc1. The molecule has 3 rings (SSSR count). The highest BCUT2D eigenvalue weighted by atomic mass is 32.1. The first-order valence-electron chi connectivity index (χ1n) is 8.22. The maximum atomic E-state index is 12.1. The fraction of sp³-hybridized carbons (Fsp3) is 0.389. The Morgan fingerprint density at radius 3 is 2.58 bits per heavy atom. The van der Waals surface area contributed by atoms with E-state index >= 15 is 0 Å². The summed E-state index contributed by atoms with van der Waals surface area (Å²) in [7, 11) is 0. The lowest BCUT2D eigenvalue weighted by molar-refractivity contribution is -0.119. The van der Waals surface area contributed by atoms with Gasteiger partial charge in [-0.25, -0.2) is 4.98 Å². The molecule has 1 aromatic carbocycles. The molecule has 1 fully saturated rings. The van der Waals surface area contributed by atoms with Crippen LogP contribution in [-0.2, 0) is 16.0 Å². The Morgan fingerprint density at radius 1 is 1.17 bits per heavy atom. The van der Waals surface area contributed by atoms with Crippen LogP contribution in [0.4, 0.5) is 10.8 Å². The van der Waals surface area contributed by atoms with E-state index < -0.39 is 0 Å². The third kappa shape index (κ3) is 4.41. The molecule has 1 aliphatic rings. The van der Waals surface area contributed by atoms with Crippen molar-refractivity contribution in [3.8, 4) is 0 Å². The van der Waals surface area contributed by atoms with Gasteiger partial charge in [0.25, 0.3) is 0 Å². The molecule has 5 nitrogen and oxygen atoms in total. The quantitative estimate of drug-likeness (QED) is 0.868. The second kappa shape index (κ2) is 7.57. The van der Waals surface area contributed by atoms with Crippen LogP contribution in [0.25, 0.3) is 0 Å². The normalized spacial score (nSPS) is 14.5. The molecule has 24 heavy (non-hydrogen) atoms. The number of nitrogens with zero attached hydrogens (tertiary/aromatic N) is 1. The van der Waals surface area contributed by atoms with E-state index in [2.05, 4.69) is 15.6 Å². The van der Waals surface area contributed by atoms with E-state index in [1.807, 2.05) is 36.6 Å². The molecule has 6 heteroatoms. The van der Waals surface area contributed by atoms with E-state index in [4.69, 9.17) is 0 Å². The van der Waals surface area contributed by atoms with Gasteiger partial charge >= 0.3 is 0 Å². The molecular weight excluding hydrogens is 322 g/mol. The molecule has 126 valence electrons. The Hall–Kier alpha value is -2.21. The van der Waals surface area contributed by atoms with Gasteiger partial charge in [-0.3, -0.25) is 9.59 Å². The van der Waals surface area contributed by atoms with Gasteiger partial charge in [-0.15, -0.1) is 11.3 Å². The minimum atomic E-state index is -0.113. The summed E-state index contributed by atoms with van der Waals surface area (Å²) < 4.78 is 0. The Balaban J connectivity index is 1.52. The lowest BCUT2D eigenvalue weighted by Crippen LogP contribution is -2.20. The fourth-order valence-electron chi connectivity index (χ4n) is 2.85. The molecule has 1 heterocycles. The molecule has 0 aliphatic heterocycles. The summed E-state index contributed by atoms with van der Waals surface area (Å²) in [6, 6.07) is 7.66. The maximum Gasteiger partial charge on any atom is 0.230 e. The van der Waals surface area contributed by atoms with Crippen molar-refractivity contribution >= 4 is 34.0 Å². The van der Waals surface area contributed by atoms with Gasteiger partial charge in [-0.1, -0.05) is 30.5 Å². The van der Waals surface area contributed by atoms with Crippen LogP contribution in [0.3, 0.4) is 0 Å². The molecule has 0 saturated heterocycles. The van der Waals surface area contributed by atoms with Gasteiger partial charge in [-0.2, -0.15) is 0 Å². The van der Waals surface area contributed by atoms with Crippen molar-refractivity contribution in [2.75, 3.05) is 10.6 Å². The molecule has 0 atom stereocenters. The molecule has 0 spiro atoms. The summed E-state index contributed by atoms with van der Waals surface area (Å²) in [5.74, 6) is 0.0533. The zero-order valence-corrected chi connectivity index (χ0v) is 14.5. The highest BCUT2D eigenvalue weighted by molar-refractivity contribution is 7.13. The molecular formula is C18H21N3O2S. The number of hydrogen-bond acceptors (Lipinski definition) is 4. The van der Waals surface area contributed by atoms with Gasteiger partial charge in [0.2, 0.25) is 11.8 Å². The maximum absolute atomic E-state index is 12.1. The molecule has 2 N–H and O–H groups in total. The zero-order chi connectivity index (χ0) is 16.9. The van der Waals surface area contributed by atoms with Crippen molar-refractivity contribution in [3.05, 3.63) is 40.9 Å². The molecule has 0 bridgehead atoms. The van der Waals surface area contributed by atoms with Crippen LogP contribution in [0.15, 0.2) is 29.6 Å². The van der Waals surface area contributed by atoms with Crippen LogP contribution >= 0.6 is 11.3 Å². The summed E-state index contributed by atoms with van der Waals surface area (Å²) in [5.41, 5.74) is 2.59.